The Morgan fingerprint density at radius 2 is 1.92 bits per heavy atom. The molecule has 2 unspecified atom stereocenters. The Hall–Kier alpha value is -2.49. The second-order valence-electron chi connectivity index (χ2n) is 5.80. The number of aryl methyl sites for hydroxylation is 1. The third-order valence-electron chi connectivity index (χ3n) is 3.90. The van der Waals surface area contributed by atoms with Gasteiger partial charge in [-0.2, -0.15) is 0 Å². The number of rotatable bonds is 7. The molecule has 0 aromatic heterocycles. The fourth-order valence-corrected chi connectivity index (χ4v) is 2.58. The molecule has 24 heavy (non-hydrogen) atoms. The van der Waals surface area contributed by atoms with Gasteiger partial charge in [0.15, 0.2) is 6.10 Å². The number of carbonyl (C=O) groups excluding carboxylic acids is 1. The van der Waals surface area contributed by atoms with Crippen molar-refractivity contribution in [2.24, 2.45) is 0 Å². The normalized spacial score (nSPS) is 13.0. The molecule has 2 aromatic carbocycles. The first-order valence-electron chi connectivity index (χ1n) is 8.21. The third-order valence-corrected chi connectivity index (χ3v) is 3.90. The smallest absolute Gasteiger partial charge is 0.261 e. The van der Waals surface area contributed by atoms with E-state index in [4.69, 9.17) is 9.47 Å². The van der Waals surface area contributed by atoms with E-state index in [1.54, 1.807) is 7.11 Å². The number of para-hydroxylation sites is 1. The van der Waals surface area contributed by atoms with Crippen LogP contribution in [0.3, 0.4) is 0 Å². The van der Waals surface area contributed by atoms with Crippen LogP contribution in [-0.2, 0) is 4.79 Å². The van der Waals surface area contributed by atoms with E-state index in [1.807, 2.05) is 69.3 Å². The van der Waals surface area contributed by atoms with Gasteiger partial charge in [0, 0.05) is 5.56 Å². The summed E-state index contributed by atoms with van der Waals surface area (Å²) < 4.78 is 11.2. The lowest BCUT2D eigenvalue weighted by Crippen LogP contribution is -2.39. The largest absolute Gasteiger partial charge is 0.496 e. The molecule has 4 nitrogen and oxygen atoms in total. The summed E-state index contributed by atoms with van der Waals surface area (Å²) in [7, 11) is 1.63. The van der Waals surface area contributed by atoms with E-state index < -0.39 is 6.10 Å². The molecule has 2 atom stereocenters. The Kier molecular flexibility index (Phi) is 6.24. The van der Waals surface area contributed by atoms with Crippen molar-refractivity contribution in [3.05, 3.63) is 59.7 Å². The summed E-state index contributed by atoms with van der Waals surface area (Å²) in [6.07, 6.45) is 0.0715. The molecule has 0 fully saturated rings. The molecule has 0 aliphatic rings. The first-order chi connectivity index (χ1) is 11.5. The average Bonchev–Trinajstić information content (AvgIpc) is 2.59. The van der Waals surface area contributed by atoms with Gasteiger partial charge in [-0.15, -0.1) is 0 Å². The number of hydrogen-bond donors (Lipinski definition) is 1. The van der Waals surface area contributed by atoms with Gasteiger partial charge < -0.3 is 14.8 Å². The van der Waals surface area contributed by atoms with Crippen LogP contribution in [0, 0.1) is 6.92 Å². The second kappa shape index (κ2) is 8.39. The van der Waals surface area contributed by atoms with E-state index in [-0.39, 0.29) is 11.9 Å². The molecule has 0 spiro atoms. The molecule has 4 heteroatoms. The maximum absolute atomic E-state index is 12.6. The molecule has 0 aliphatic carbocycles. The van der Waals surface area contributed by atoms with E-state index in [1.165, 1.54) is 0 Å². The van der Waals surface area contributed by atoms with Crippen LogP contribution >= 0.6 is 0 Å². The van der Waals surface area contributed by atoms with Gasteiger partial charge >= 0.3 is 0 Å². The Bertz CT molecular complexity index is 684. The number of hydrogen-bond acceptors (Lipinski definition) is 3. The maximum Gasteiger partial charge on any atom is 0.261 e. The van der Waals surface area contributed by atoms with Crippen LogP contribution in [0.25, 0.3) is 0 Å². The van der Waals surface area contributed by atoms with Crippen molar-refractivity contribution < 1.29 is 14.3 Å². The van der Waals surface area contributed by atoms with Gasteiger partial charge in [0.05, 0.1) is 13.2 Å². The van der Waals surface area contributed by atoms with Crippen LogP contribution in [0.4, 0.5) is 0 Å². The Morgan fingerprint density at radius 3 is 2.58 bits per heavy atom. The molecule has 0 saturated carbocycles. The van der Waals surface area contributed by atoms with E-state index in [2.05, 4.69) is 5.32 Å². The van der Waals surface area contributed by atoms with Crippen LogP contribution in [0.15, 0.2) is 48.5 Å². The highest BCUT2D eigenvalue weighted by Crippen LogP contribution is 2.24. The molecule has 0 aliphatic heterocycles. The zero-order valence-corrected chi connectivity index (χ0v) is 14.7. The molecule has 0 saturated heterocycles. The number of amides is 1. The third kappa shape index (κ3) is 4.51. The minimum atomic E-state index is -0.524. The summed E-state index contributed by atoms with van der Waals surface area (Å²) in [6.45, 7) is 5.88. The lowest BCUT2D eigenvalue weighted by molar-refractivity contribution is -0.128. The lowest BCUT2D eigenvalue weighted by atomic mass is 10.1. The topological polar surface area (TPSA) is 47.6 Å². The minimum Gasteiger partial charge on any atom is -0.496 e. The van der Waals surface area contributed by atoms with Crippen LogP contribution in [0.5, 0.6) is 11.5 Å². The fourth-order valence-electron chi connectivity index (χ4n) is 2.58. The monoisotopic (exact) mass is 327 g/mol. The van der Waals surface area contributed by atoms with Crippen molar-refractivity contribution in [1.29, 1.82) is 0 Å². The van der Waals surface area contributed by atoms with E-state index in [9.17, 15) is 4.79 Å². The van der Waals surface area contributed by atoms with Crippen molar-refractivity contribution in [3.63, 3.8) is 0 Å². The van der Waals surface area contributed by atoms with E-state index >= 15 is 0 Å². The summed E-state index contributed by atoms with van der Waals surface area (Å²) in [5, 5.41) is 3.01. The zero-order valence-electron chi connectivity index (χ0n) is 14.7. The van der Waals surface area contributed by atoms with Gasteiger partial charge in [0.25, 0.3) is 5.91 Å². The molecule has 1 N–H and O–H groups in total. The minimum absolute atomic E-state index is 0.127. The summed E-state index contributed by atoms with van der Waals surface area (Å²) >= 11 is 0. The van der Waals surface area contributed by atoms with Crippen molar-refractivity contribution in [2.45, 2.75) is 39.3 Å². The molecule has 0 radical (unpaired) electrons. The molecule has 1 amide bonds. The average molecular weight is 327 g/mol. The standard InChI is InChI=1S/C20H25NO3/c1-5-18(24-16-10-8-9-14(2)13-16)20(22)21-15(3)17-11-6-7-12-19(17)23-4/h6-13,15,18H,5H2,1-4H3,(H,21,22). The van der Waals surface area contributed by atoms with Gasteiger partial charge in [0.2, 0.25) is 0 Å². The molecule has 0 heterocycles. The molecular formula is C20H25NO3. The second-order valence-corrected chi connectivity index (χ2v) is 5.80. The Balaban J connectivity index is 2.06. The Labute approximate surface area is 143 Å². The number of benzene rings is 2. The van der Waals surface area contributed by atoms with Gasteiger partial charge in [0.1, 0.15) is 11.5 Å². The van der Waals surface area contributed by atoms with Crippen LogP contribution < -0.4 is 14.8 Å². The summed E-state index contributed by atoms with van der Waals surface area (Å²) in [5.41, 5.74) is 2.05. The SMILES string of the molecule is CCC(Oc1cccc(C)c1)C(=O)NC(C)c1ccccc1OC. The fraction of sp³-hybridized carbons (Fsp3) is 0.350. The lowest BCUT2D eigenvalue weighted by Gasteiger charge is -2.22. The number of nitrogens with one attached hydrogen (secondary N) is 1. The van der Waals surface area contributed by atoms with Gasteiger partial charge in [-0.05, 0) is 44.0 Å². The molecular weight excluding hydrogens is 302 g/mol. The summed E-state index contributed by atoms with van der Waals surface area (Å²) in [6, 6.07) is 15.2. The first kappa shape index (κ1) is 17.9. The highest BCUT2D eigenvalue weighted by atomic mass is 16.5. The Morgan fingerprint density at radius 1 is 1.17 bits per heavy atom. The zero-order chi connectivity index (χ0) is 17.5. The number of methoxy groups -OCH3 is 1. The molecule has 2 rings (SSSR count). The van der Waals surface area contributed by atoms with Gasteiger partial charge in [-0.1, -0.05) is 37.3 Å². The molecule has 2 aromatic rings. The highest BCUT2D eigenvalue weighted by molar-refractivity contribution is 5.81. The van der Waals surface area contributed by atoms with Gasteiger partial charge in [-0.3, -0.25) is 4.79 Å². The maximum atomic E-state index is 12.6. The van der Waals surface area contributed by atoms with E-state index in [0.717, 1.165) is 16.9 Å². The van der Waals surface area contributed by atoms with Crippen LogP contribution in [0.1, 0.15) is 37.4 Å². The number of carbonyl (C=O) groups is 1. The summed E-state index contributed by atoms with van der Waals surface area (Å²) in [4.78, 5) is 12.6. The van der Waals surface area contributed by atoms with Crippen molar-refractivity contribution in [1.82, 2.24) is 5.32 Å². The van der Waals surface area contributed by atoms with E-state index in [0.29, 0.717) is 12.2 Å². The van der Waals surface area contributed by atoms with Crippen molar-refractivity contribution in [2.75, 3.05) is 7.11 Å². The number of ether oxygens (including phenoxy) is 2. The molecule has 128 valence electrons. The quantitative estimate of drug-likeness (QED) is 0.835. The first-order valence-corrected chi connectivity index (χ1v) is 8.21. The predicted molar refractivity (Wildman–Crippen MR) is 95.4 cm³/mol. The summed E-state index contributed by atoms with van der Waals surface area (Å²) in [5.74, 6) is 1.34. The highest BCUT2D eigenvalue weighted by Gasteiger charge is 2.22. The van der Waals surface area contributed by atoms with Crippen LogP contribution in [0.2, 0.25) is 0 Å². The van der Waals surface area contributed by atoms with Crippen molar-refractivity contribution >= 4 is 5.91 Å². The van der Waals surface area contributed by atoms with Gasteiger partial charge in [-0.25, -0.2) is 0 Å². The predicted octanol–water partition coefficient (Wildman–Crippen LogP) is 4.04. The van der Waals surface area contributed by atoms with Crippen LogP contribution in [-0.4, -0.2) is 19.1 Å². The molecule has 0 bridgehead atoms. The van der Waals surface area contributed by atoms with Crippen molar-refractivity contribution in [3.8, 4) is 11.5 Å².